The van der Waals surface area contributed by atoms with Gasteiger partial charge in [-0.25, -0.2) is 0 Å². The molecule has 17 heavy (non-hydrogen) atoms. The Hall–Kier alpha value is -0.530. The van der Waals surface area contributed by atoms with Crippen LogP contribution in [-0.4, -0.2) is 23.9 Å². The van der Waals surface area contributed by atoms with Crippen molar-refractivity contribution in [3.05, 3.63) is 34.4 Å². The maximum Gasteiger partial charge on any atom is 0.0320 e. The normalized spacial score (nSPS) is 13.1. The van der Waals surface area contributed by atoms with Crippen molar-refractivity contribution in [1.82, 2.24) is 4.90 Å². The maximum atomic E-state index is 5.98. The minimum atomic E-state index is 0.262. The summed E-state index contributed by atoms with van der Waals surface area (Å²) >= 11 is 5.98. The molecule has 0 saturated heterocycles. The van der Waals surface area contributed by atoms with E-state index in [1.807, 2.05) is 0 Å². The van der Waals surface area contributed by atoms with E-state index in [9.17, 15) is 0 Å². The molecule has 0 aliphatic heterocycles. The van der Waals surface area contributed by atoms with Crippen molar-refractivity contribution in [2.24, 2.45) is 0 Å². The van der Waals surface area contributed by atoms with E-state index in [0.717, 1.165) is 19.5 Å². The first kappa shape index (κ1) is 14.5. The Labute approximate surface area is 111 Å². The second kappa shape index (κ2) is 6.42. The summed E-state index contributed by atoms with van der Waals surface area (Å²) in [5, 5.41) is 0.262. The highest BCUT2D eigenvalue weighted by atomic mass is 35.5. The van der Waals surface area contributed by atoms with Crippen molar-refractivity contribution in [2.75, 3.05) is 13.6 Å². The third kappa shape index (κ3) is 4.69. The van der Waals surface area contributed by atoms with E-state index in [0.29, 0.717) is 0 Å². The lowest BCUT2D eigenvalue weighted by atomic mass is 9.99. The molecular formula is C15H24ClN. The largest absolute Gasteiger partial charge is 0.302 e. The monoisotopic (exact) mass is 253 g/mol. The molecule has 0 N–H and O–H groups in total. The summed E-state index contributed by atoms with van der Waals surface area (Å²) in [6, 6.07) is 4.53. The van der Waals surface area contributed by atoms with Crippen LogP contribution < -0.4 is 0 Å². The molecular weight excluding hydrogens is 230 g/mol. The van der Waals surface area contributed by atoms with E-state index in [1.165, 1.54) is 22.3 Å². The van der Waals surface area contributed by atoms with E-state index in [1.54, 1.807) is 0 Å². The highest BCUT2D eigenvalue weighted by molar-refractivity contribution is 6.20. The van der Waals surface area contributed by atoms with Gasteiger partial charge in [0.05, 0.1) is 0 Å². The average molecular weight is 254 g/mol. The van der Waals surface area contributed by atoms with Crippen LogP contribution in [0, 0.1) is 20.8 Å². The fourth-order valence-electron chi connectivity index (χ4n) is 2.21. The summed E-state index contributed by atoms with van der Waals surface area (Å²) in [4.78, 5) is 2.35. The molecule has 0 saturated carbocycles. The standard InChI is InChI=1S/C15H24ClN/c1-11-8-12(2)15(13(3)9-11)10-17(5)7-6-14(4)16/h8-9,14H,6-7,10H2,1-5H3. The third-order valence-electron chi connectivity index (χ3n) is 3.18. The molecule has 0 aliphatic carbocycles. The first-order valence-corrected chi connectivity index (χ1v) is 6.73. The van der Waals surface area contributed by atoms with E-state index >= 15 is 0 Å². The smallest absolute Gasteiger partial charge is 0.0320 e. The second-order valence-corrected chi connectivity index (χ2v) is 5.93. The maximum absolute atomic E-state index is 5.98. The zero-order chi connectivity index (χ0) is 13.0. The first-order chi connectivity index (χ1) is 7.90. The van der Waals surface area contributed by atoms with E-state index in [-0.39, 0.29) is 5.38 Å². The van der Waals surface area contributed by atoms with Gasteiger partial charge in [-0.1, -0.05) is 17.7 Å². The number of benzene rings is 1. The molecule has 0 heterocycles. The van der Waals surface area contributed by atoms with Gasteiger partial charge in [0.25, 0.3) is 0 Å². The van der Waals surface area contributed by atoms with Crippen molar-refractivity contribution < 1.29 is 0 Å². The van der Waals surface area contributed by atoms with Gasteiger partial charge in [0.15, 0.2) is 0 Å². The molecule has 1 aromatic rings. The summed E-state index contributed by atoms with van der Waals surface area (Å²) in [5.74, 6) is 0. The fraction of sp³-hybridized carbons (Fsp3) is 0.600. The highest BCUT2D eigenvalue weighted by Crippen LogP contribution is 2.18. The van der Waals surface area contributed by atoms with Crippen LogP contribution in [0.1, 0.15) is 35.6 Å². The van der Waals surface area contributed by atoms with Gasteiger partial charge in [-0.2, -0.15) is 0 Å². The number of aryl methyl sites for hydroxylation is 3. The number of halogens is 1. The van der Waals surface area contributed by atoms with Crippen LogP contribution in [0.2, 0.25) is 0 Å². The number of alkyl halides is 1. The Morgan fingerprint density at radius 1 is 1.18 bits per heavy atom. The van der Waals surface area contributed by atoms with Crippen LogP contribution >= 0.6 is 11.6 Å². The Balaban J connectivity index is 2.68. The summed E-state index contributed by atoms with van der Waals surface area (Å²) in [6.07, 6.45) is 1.04. The van der Waals surface area contributed by atoms with Gasteiger partial charge >= 0.3 is 0 Å². The van der Waals surface area contributed by atoms with Gasteiger partial charge in [0.1, 0.15) is 0 Å². The van der Waals surface area contributed by atoms with Crippen molar-refractivity contribution in [2.45, 2.75) is 46.0 Å². The molecule has 1 rings (SSSR count). The van der Waals surface area contributed by atoms with E-state index in [4.69, 9.17) is 11.6 Å². The quantitative estimate of drug-likeness (QED) is 0.716. The molecule has 0 fully saturated rings. The number of hydrogen-bond acceptors (Lipinski definition) is 1. The molecule has 0 bridgehead atoms. The van der Waals surface area contributed by atoms with Crippen molar-refractivity contribution in [3.8, 4) is 0 Å². The number of rotatable bonds is 5. The third-order valence-corrected chi connectivity index (χ3v) is 3.40. The van der Waals surface area contributed by atoms with Crippen LogP contribution in [0.5, 0.6) is 0 Å². The number of hydrogen-bond donors (Lipinski definition) is 0. The van der Waals surface area contributed by atoms with Crippen LogP contribution in [0.3, 0.4) is 0 Å². The Bertz CT molecular complexity index is 348. The molecule has 1 aromatic carbocycles. The molecule has 0 amide bonds. The zero-order valence-corrected chi connectivity index (χ0v) is 12.4. The van der Waals surface area contributed by atoms with Gasteiger partial charge in [0.2, 0.25) is 0 Å². The van der Waals surface area contributed by atoms with Gasteiger partial charge in [-0.15, -0.1) is 11.6 Å². The minimum Gasteiger partial charge on any atom is -0.302 e. The fourth-order valence-corrected chi connectivity index (χ4v) is 2.30. The van der Waals surface area contributed by atoms with Crippen molar-refractivity contribution >= 4 is 11.6 Å². The summed E-state index contributed by atoms with van der Waals surface area (Å²) in [5.41, 5.74) is 5.60. The van der Waals surface area contributed by atoms with Gasteiger partial charge in [0, 0.05) is 11.9 Å². The predicted molar refractivity (Wildman–Crippen MR) is 76.9 cm³/mol. The Kier molecular flexibility index (Phi) is 5.48. The van der Waals surface area contributed by atoms with E-state index in [2.05, 4.69) is 51.8 Å². The molecule has 0 aromatic heterocycles. The summed E-state index contributed by atoms with van der Waals surface area (Å²) < 4.78 is 0. The summed E-state index contributed by atoms with van der Waals surface area (Å²) in [6.45, 7) is 10.7. The molecule has 1 unspecified atom stereocenters. The number of nitrogens with zero attached hydrogens (tertiary/aromatic N) is 1. The van der Waals surface area contributed by atoms with Crippen molar-refractivity contribution in [3.63, 3.8) is 0 Å². The second-order valence-electron chi connectivity index (χ2n) is 5.18. The Morgan fingerprint density at radius 2 is 1.71 bits per heavy atom. The molecule has 1 atom stereocenters. The molecule has 0 radical (unpaired) electrons. The zero-order valence-electron chi connectivity index (χ0n) is 11.7. The topological polar surface area (TPSA) is 3.24 Å². The van der Waals surface area contributed by atoms with Gasteiger partial charge in [-0.05, 0) is 64.4 Å². The van der Waals surface area contributed by atoms with Gasteiger partial charge < -0.3 is 4.90 Å². The molecule has 96 valence electrons. The highest BCUT2D eigenvalue weighted by Gasteiger charge is 2.08. The predicted octanol–water partition coefficient (Wildman–Crippen LogP) is 4.06. The summed E-state index contributed by atoms with van der Waals surface area (Å²) in [7, 11) is 2.16. The SMILES string of the molecule is Cc1cc(C)c(CN(C)CCC(C)Cl)c(C)c1. The van der Waals surface area contributed by atoms with Crippen molar-refractivity contribution in [1.29, 1.82) is 0 Å². The molecule has 0 spiro atoms. The Morgan fingerprint density at radius 3 is 2.18 bits per heavy atom. The van der Waals surface area contributed by atoms with Crippen LogP contribution in [0.15, 0.2) is 12.1 Å². The molecule has 2 heteroatoms. The minimum absolute atomic E-state index is 0.262. The van der Waals surface area contributed by atoms with Crippen LogP contribution in [0.25, 0.3) is 0 Å². The van der Waals surface area contributed by atoms with E-state index < -0.39 is 0 Å². The average Bonchev–Trinajstić information content (AvgIpc) is 2.20. The molecule has 0 aliphatic rings. The van der Waals surface area contributed by atoms with Crippen LogP contribution in [0.4, 0.5) is 0 Å². The lowest BCUT2D eigenvalue weighted by Crippen LogP contribution is -2.22. The molecule has 1 nitrogen and oxygen atoms in total. The first-order valence-electron chi connectivity index (χ1n) is 6.29. The lowest BCUT2D eigenvalue weighted by molar-refractivity contribution is 0.320. The van der Waals surface area contributed by atoms with Gasteiger partial charge in [-0.3, -0.25) is 0 Å². The lowest BCUT2D eigenvalue weighted by Gasteiger charge is -2.20. The van der Waals surface area contributed by atoms with Crippen LogP contribution in [-0.2, 0) is 6.54 Å².